The topological polar surface area (TPSA) is 83.9 Å². The van der Waals surface area contributed by atoms with E-state index >= 15 is 0 Å². The molecule has 2 atom stereocenters. The second-order valence-corrected chi connectivity index (χ2v) is 7.38. The van der Waals surface area contributed by atoms with Gasteiger partial charge in [0.15, 0.2) is 0 Å². The van der Waals surface area contributed by atoms with E-state index in [4.69, 9.17) is 9.84 Å². The normalized spacial score (nSPS) is 25.4. The van der Waals surface area contributed by atoms with Crippen molar-refractivity contribution in [2.45, 2.75) is 31.0 Å². The smallest absolute Gasteiger partial charge is 0.345 e. The van der Waals surface area contributed by atoms with Crippen LogP contribution in [0.25, 0.3) is 0 Å². The summed E-state index contributed by atoms with van der Waals surface area (Å²) in [7, 11) is -3.64. The number of morpholine rings is 1. The number of carboxylic acid groups (broad SMARTS) is 1. The summed E-state index contributed by atoms with van der Waals surface area (Å²) >= 11 is 0.913. The molecule has 1 fully saturated rings. The van der Waals surface area contributed by atoms with Crippen molar-refractivity contribution in [2.24, 2.45) is 0 Å². The SMILES string of the molecule is C[C@@H]1CN(S(=O)(=O)c2csc(C(=O)O)c2)C[C@H](C)O1. The molecule has 106 valence electrons. The number of nitrogens with zero attached hydrogens (tertiary/aromatic N) is 1. The summed E-state index contributed by atoms with van der Waals surface area (Å²) in [4.78, 5) is 10.9. The van der Waals surface area contributed by atoms with E-state index in [9.17, 15) is 13.2 Å². The van der Waals surface area contributed by atoms with Crippen LogP contribution in [0, 0.1) is 0 Å². The molecule has 1 aliphatic rings. The second kappa shape index (κ2) is 5.20. The van der Waals surface area contributed by atoms with Crippen LogP contribution in [0.5, 0.6) is 0 Å². The Balaban J connectivity index is 2.28. The highest BCUT2D eigenvalue weighted by Crippen LogP contribution is 2.25. The first-order chi connectivity index (χ1) is 8.80. The minimum atomic E-state index is -3.64. The monoisotopic (exact) mass is 305 g/mol. The number of carbonyl (C=O) groups is 1. The molecule has 8 heteroatoms. The number of carboxylic acids is 1. The summed E-state index contributed by atoms with van der Waals surface area (Å²) in [5.41, 5.74) is 0. The van der Waals surface area contributed by atoms with Gasteiger partial charge in [-0.15, -0.1) is 11.3 Å². The maximum atomic E-state index is 12.4. The Morgan fingerprint density at radius 1 is 1.42 bits per heavy atom. The second-order valence-electron chi connectivity index (χ2n) is 4.53. The van der Waals surface area contributed by atoms with E-state index in [1.807, 2.05) is 13.8 Å². The molecule has 2 heterocycles. The van der Waals surface area contributed by atoms with E-state index in [1.165, 1.54) is 15.8 Å². The number of sulfonamides is 1. The van der Waals surface area contributed by atoms with E-state index in [1.54, 1.807) is 0 Å². The van der Waals surface area contributed by atoms with Crippen molar-refractivity contribution in [3.63, 3.8) is 0 Å². The summed E-state index contributed by atoms with van der Waals surface area (Å²) in [6.07, 6.45) is -0.341. The lowest BCUT2D eigenvalue weighted by Gasteiger charge is -2.34. The molecule has 2 rings (SSSR count). The molecule has 19 heavy (non-hydrogen) atoms. The fourth-order valence-electron chi connectivity index (χ4n) is 2.04. The number of ether oxygens (including phenoxy) is 1. The summed E-state index contributed by atoms with van der Waals surface area (Å²) in [5.74, 6) is -1.12. The van der Waals surface area contributed by atoms with E-state index in [0.29, 0.717) is 0 Å². The Labute approximate surface area is 115 Å². The number of hydrogen-bond acceptors (Lipinski definition) is 5. The predicted molar refractivity (Wildman–Crippen MR) is 70.0 cm³/mol. The fraction of sp³-hybridized carbons (Fsp3) is 0.545. The van der Waals surface area contributed by atoms with Crippen molar-refractivity contribution < 1.29 is 23.1 Å². The van der Waals surface area contributed by atoms with Gasteiger partial charge in [-0.3, -0.25) is 0 Å². The van der Waals surface area contributed by atoms with Crippen molar-refractivity contribution >= 4 is 27.3 Å². The molecule has 0 bridgehead atoms. The maximum Gasteiger partial charge on any atom is 0.345 e. The quantitative estimate of drug-likeness (QED) is 0.908. The molecule has 0 saturated carbocycles. The van der Waals surface area contributed by atoms with Crippen LogP contribution in [-0.2, 0) is 14.8 Å². The Hall–Kier alpha value is -0.960. The molecule has 0 aliphatic carbocycles. The third-order valence-electron chi connectivity index (χ3n) is 2.81. The van der Waals surface area contributed by atoms with Crippen LogP contribution in [0.3, 0.4) is 0 Å². The zero-order chi connectivity index (χ0) is 14.2. The highest BCUT2D eigenvalue weighted by atomic mass is 32.2. The first-order valence-corrected chi connectivity index (χ1v) is 8.10. The van der Waals surface area contributed by atoms with Gasteiger partial charge in [0.05, 0.1) is 17.1 Å². The van der Waals surface area contributed by atoms with Gasteiger partial charge >= 0.3 is 5.97 Å². The average molecular weight is 305 g/mol. The van der Waals surface area contributed by atoms with Gasteiger partial charge in [0.2, 0.25) is 10.0 Å². The maximum absolute atomic E-state index is 12.4. The Bertz CT molecular complexity index is 570. The average Bonchev–Trinajstić information content (AvgIpc) is 2.77. The Morgan fingerprint density at radius 3 is 2.47 bits per heavy atom. The van der Waals surface area contributed by atoms with Crippen molar-refractivity contribution in [3.8, 4) is 0 Å². The summed E-state index contributed by atoms with van der Waals surface area (Å²) in [6.45, 7) is 4.19. The van der Waals surface area contributed by atoms with Gasteiger partial charge < -0.3 is 9.84 Å². The third-order valence-corrected chi connectivity index (χ3v) is 5.69. The van der Waals surface area contributed by atoms with Crippen LogP contribution in [0.15, 0.2) is 16.3 Å². The van der Waals surface area contributed by atoms with Gasteiger partial charge in [-0.25, -0.2) is 13.2 Å². The van der Waals surface area contributed by atoms with E-state index in [2.05, 4.69) is 0 Å². The molecule has 1 aliphatic heterocycles. The van der Waals surface area contributed by atoms with Crippen LogP contribution in [0.2, 0.25) is 0 Å². The molecule has 0 unspecified atom stereocenters. The van der Waals surface area contributed by atoms with E-state index < -0.39 is 16.0 Å². The van der Waals surface area contributed by atoms with Crippen molar-refractivity contribution in [3.05, 3.63) is 16.3 Å². The minimum Gasteiger partial charge on any atom is -0.477 e. The predicted octanol–water partition coefficient (Wildman–Crippen LogP) is 1.24. The lowest BCUT2D eigenvalue weighted by molar-refractivity contribution is -0.0440. The van der Waals surface area contributed by atoms with Gasteiger partial charge in [-0.2, -0.15) is 4.31 Å². The van der Waals surface area contributed by atoms with Crippen molar-refractivity contribution in [1.29, 1.82) is 0 Å². The van der Waals surface area contributed by atoms with Crippen LogP contribution < -0.4 is 0 Å². The molecule has 1 aromatic heterocycles. The molecule has 6 nitrogen and oxygen atoms in total. The van der Waals surface area contributed by atoms with Crippen molar-refractivity contribution in [2.75, 3.05) is 13.1 Å². The van der Waals surface area contributed by atoms with Gasteiger partial charge in [0, 0.05) is 18.5 Å². The van der Waals surface area contributed by atoms with Crippen LogP contribution in [0.1, 0.15) is 23.5 Å². The first-order valence-electron chi connectivity index (χ1n) is 5.78. The lowest BCUT2D eigenvalue weighted by Crippen LogP contribution is -2.47. The molecule has 0 radical (unpaired) electrons. The highest BCUT2D eigenvalue weighted by Gasteiger charge is 2.33. The van der Waals surface area contributed by atoms with Crippen LogP contribution >= 0.6 is 11.3 Å². The minimum absolute atomic E-state index is 0.0212. The molecule has 0 amide bonds. The Morgan fingerprint density at radius 2 is 2.00 bits per heavy atom. The first kappa shape index (κ1) is 14.4. The van der Waals surface area contributed by atoms with Crippen LogP contribution in [0.4, 0.5) is 0 Å². The molecule has 1 saturated heterocycles. The zero-order valence-electron chi connectivity index (χ0n) is 10.6. The largest absolute Gasteiger partial charge is 0.477 e. The zero-order valence-corrected chi connectivity index (χ0v) is 12.2. The van der Waals surface area contributed by atoms with Gasteiger partial charge in [-0.1, -0.05) is 0 Å². The third kappa shape index (κ3) is 2.97. The van der Waals surface area contributed by atoms with Gasteiger partial charge in [-0.05, 0) is 19.9 Å². The van der Waals surface area contributed by atoms with Gasteiger partial charge in [0.1, 0.15) is 4.88 Å². The summed E-state index contributed by atoms with van der Waals surface area (Å²) < 4.78 is 31.6. The molecule has 1 aromatic rings. The van der Waals surface area contributed by atoms with E-state index in [-0.39, 0.29) is 35.1 Å². The van der Waals surface area contributed by atoms with E-state index in [0.717, 1.165) is 11.3 Å². The molecular formula is C11H15NO5S2. The highest BCUT2D eigenvalue weighted by molar-refractivity contribution is 7.89. The van der Waals surface area contributed by atoms with Crippen molar-refractivity contribution in [1.82, 2.24) is 4.31 Å². The number of aromatic carboxylic acids is 1. The molecule has 0 aromatic carbocycles. The standard InChI is InChI=1S/C11H15NO5S2/c1-7-4-12(5-8(2)17-7)19(15,16)9-3-10(11(13)14)18-6-9/h3,6-8H,4-5H2,1-2H3,(H,13,14)/t7-,8+. The summed E-state index contributed by atoms with van der Waals surface area (Å²) in [5, 5.41) is 10.2. The summed E-state index contributed by atoms with van der Waals surface area (Å²) in [6, 6.07) is 1.20. The Kier molecular flexibility index (Phi) is 3.95. The molecule has 1 N–H and O–H groups in total. The number of hydrogen-bond donors (Lipinski definition) is 1. The van der Waals surface area contributed by atoms with Crippen LogP contribution in [-0.4, -0.2) is 49.1 Å². The lowest BCUT2D eigenvalue weighted by atomic mass is 10.3. The molecular weight excluding hydrogens is 290 g/mol. The van der Waals surface area contributed by atoms with Gasteiger partial charge in [0.25, 0.3) is 0 Å². The number of rotatable bonds is 3. The fourth-order valence-corrected chi connectivity index (χ4v) is 4.73. The molecule has 0 spiro atoms. The number of thiophene rings is 1.